The number of rotatable bonds is 7. The summed E-state index contributed by atoms with van der Waals surface area (Å²) in [6, 6.07) is 14.6. The van der Waals surface area contributed by atoms with Crippen LogP contribution in [-0.4, -0.2) is 56.1 Å². The maximum absolute atomic E-state index is 5.46. The SMILES string of the molecule is CN=C(NCc1cccnc1N1CCOCC1)NCC(C)Sc1ccccc1.I. The smallest absolute Gasteiger partial charge is 0.191 e. The predicted molar refractivity (Wildman–Crippen MR) is 133 cm³/mol. The van der Waals surface area contributed by atoms with E-state index in [0.29, 0.717) is 11.8 Å². The number of hydrogen-bond acceptors (Lipinski definition) is 5. The van der Waals surface area contributed by atoms with Gasteiger partial charge in [-0.2, -0.15) is 0 Å². The summed E-state index contributed by atoms with van der Waals surface area (Å²) in [5.74, 6) is 1.83. The Balaban J connectivity index is 0.00000300. The van der Waals surface area contributed by atoms with Gasteiger partial charge in [0.05, 0.1) is 13.2 Å². The Bertz CT molecular complexity index is 756. The van der Waals surface area contributed by atoms with Crippen LogP contribution >= 0.6 is 35.7 Å². The van der Waals surface area contributed by atoms with Crippen LogP contribution in [0.15, 0.2) is 58.5 Å². The summed E-state index contributed by atoms with van der Waals surface area (Å²) in [6.45, 7) is 7.00. The average molecular weight is 527 g/mol. The number of halogens is 1. The summed E-state index contributed by atoms with van der Waals surface area (Å²) in [5.41, 5.74) is 1.17. The summed E-state index contributed by atoms with van der Waals surface area (Å²) in [5, 5.41) is 7.27. The third-order valence-electron chi connectivity index (χ3n) is 4.49. The molecular formula is C21H30IN5OS. The fourth-order valence-corrected chi connectivity index (χ4v) is 3.99. The van der Waals surface area contributed by atoms with Crippen LogP contribution in [0.1, 0.15) is 12.5 Å². The maximum Gasteiger partial charge on any atom is 0.191 e. The molecule has 0 bridgehead atoms. The van der Waals surface area contributed by atoms with Gasteiger partial charge in [0.1, 0.15) is 5.82 Å². The number of nitrogens with one attached hydrogen (secondary N) is 2. The number of hydrogen-bond donors (Lipinski definition) is 2. The molecule has 8 heteroatoms. The van der Waals surface area contributed by atoms with Gasteiger partial charge in [-0.3, -0.25) is 4.99 Å². The fourth-order valence-electron chi connectivity index (χ4n) is 3.04. The van der Waals surface area contributed by atoms with Gasteiger partial charge < -0.3 is 20.3 Å². The van der Waals surface area contributed by atoms with Gasteiger partial charge in [-0.05, 0) is 18.2 Å². The first kappa shape index (κ1) is 23.8. The Morgan fingerprint density at radius 2 is 1.93 bits per heavy atom. The number of benzene rings is 1. The first-order valence-electron chi connectivity index (χ1n) is 9.69. The lowest BCUT2D eigenvalue weighted by Crippen LogP contribution is -2.41. The van der Waals surface area contributed by atoms with Gasteiger partial charge in [-0.25, -0.2) is 4.98 Å². The minimum Gasteiger partial charge on any atom is -0.378 e. The van der Waals surface area contributed by atoms with E-state index in [1.54, 1.807) is 7.05 Å². The Kier molecular flexibility index (Phi) is 10.6. The van der Waals surface area contributed by atoms with Crippen LogP contribution in [0.2, 0.25) is 0 Å². The lowest BCUT2D eigenvalue weighted by molar-refractivity contribution is 0.122. The van der Waals surface area contributed by atoms with Crippen molar-refractivity contribution in [2.24, 2.45) is 4.99 Å². The number of morpholine rings is 1. The molecule has 1 atom stereocenters. The van der Waals surface area contributed by atoms with E-state index in [1.807, 2.05) is 30.1 Å². The molecule has 2 N–H and O–H groups in total. The molecule has 3 rings (SSSR count). The quantitative estimate of drug-likeness (QED) is 0.249. The predicted octanol–water partition coefficient (Wildman–Crippen LogP) is 3.38. The van der Waals surface area contributed by atoms with Gasteiger partial charge in [0, 0.05) is 55.1 Å². The molecule has 1 aromatic carbocycles. The van der Waals surface area contributed by atoms with Crippen molar-refractivity contribution in [3.8, 4) is 0 Å². The second kappa shape index (κ2) is 12.9. The molecular weight excluding hydrogens is 497 g/mol. The molecule has 0 amide bonds. The molecule has 1 fully saturated rings. The van der Waals surface area contributed by atoms with Crippen LogP contribution in [0.3, 0.4) is 0 Å². The second-order valence-electron chi connectivity index (χ2n) is 6.63. The fraction of sp³-hybridized carbons (Fsp3) is 0.429. The van der Waals surface area contributed by atoms with E-state index < -0.39 is 0 Å². The van der Waals surface area contributed by atoms with E-state index in [0.717, 1.165) is 44.6 Å². The van der Waals surface area contributed by atoms with Gasteiger partial charge in [-0.15, -0.1) is 35.7 Å². The molecule has 1 unspecified atom stereocenters. The van der Waals surface area contributed by atoms with Gasteiger partial charge in [-0.1, -0.05) is 31.2 Å². The molecule has 0 aliphatic carbocycles. The highest BCUT2D eigenvalue weighted by molar-refractivity contribution is 14.0. The molecule has 2 heterocycles. The largest absolute Gasteiger partial charge is 0.378 e. The van der Waals surface area contributed by atoms with Crippen LogP contribution < -0.4 is 15.5 Å². The topological polar surface area (TPSA) is 61.8 Å². The molecule has 1 aromatic heterocycles. The van der Waals surface area contributed by atoms with E-state index in [1.165, 1.54) is 10.5 Å². The van der Waals surface area contributed by atoms with Crippen LogP contribution in [-0.2, 0) is 11.3 Å². The first-order valence-corrected chi connectivity index (χ1v) is 10.6. The normalized spacial score (nSPS) is 15.4. The third-order valence-corrected chi connectivity index (χ3v) is 5.60. The van der Waals surface area contributed by atoms with E-state index in [-0.39, 0.29) is 24.0 Å². The Hall–Kier alpha value is -1.52. The Morgan fingerprint density at radius 1 is 1.17 bits per heavy atom. The summed E-state index contributed by atoms with van der Waals surface area (Å²) < 4.78 is 5.46. The number of ether oxygens (including phenoxy) is 1. The first-order chi connectivity index (χ1) is 13.8. The lowest BCUT2D eigenvalue weighted by atomic mass is 10.2. The minimum atomic E-state index is 0. The van der Waals surface area contributed by atoms with Gasteiger partial charge in [0.2, 0.25) is 0 Å². The monoisotopic (exact) mass is 527 g/mol. The molecule has 2 aromatic rings. The molecule has 1 aliphatic heterocycles. The van der Waals surface area contributed by atoms with Crippen LogP contribution in [0.5, 0.6) is 0 Å². The van der Waals surface area contributed by atoms with Gasteiger partial charge in [0.15, 0.2) is 5.96 Å². The third kappa shape index (κ3) is 7.67. The number of anilines is 1. The highest BCUT2D eigenvalue weighted by Gasteiger charge is 2.16. The van der Waals surface area contributed by atoms with Crippen molar-refractivity contribution < 1.29 is 4.74 Å². The molecule has 0 radical (unpaired) electrons. The summed E-state index contributed by atoms with van der Waals surface area (Å²) in [4.78, 5) is 12.5. The van der Waals surface area contributed by atoms with Crippen molar-refractivity contribution in [3.63, 3.8) is 0 Å². The van der Waals surface area contributed by atoms with Crippen molar-refractivity contribution in [1.82, 2.24) is 15.6 Å². The maximum atomic E-state index is 5.46. The zero-order chi connectivity index (χ0) is 19.6. The molecule has 0 spiro atoms. The molecule has 6 nitrogen and oxygen atoms in total. The highest BCUT2D eigenvalue weighted by atomic mass is 127. The number of guanidine groups is 1. The molecule has 158 valence electrons. The van der Waals surface area contributed by atoms with Gasteiger partial charge in [0.25, 0.3) is 0 Å². The number of aliphatic imine (C=N–C) groups is 1. The van der Waals surface area contributed by atoms with Crippen LogP contribution in [0.4, 0.5) is 5.82 Å². The zero-order valence-electron chi connectivity index (χ0n) is 17.0. The Labute approximate surface area is 194 Å². The zero-order valence-corrected chi connectivity index (χ0v) is 20.2. The van der Waals surface area contributed by atoms with Crippen molar-refractivity contribution in [1.29, 1.82) is 0 Å². The average Bonchev–Trinajstić information content (AvgIpc) is 2.75. The van der Waals surface area contributed by atoms with Crippen molar-refractivity contribution in [2.45, 2.75) is 23.6 Å². The van der Waals surface area contributed by atoms with Crippen LogP contribution in [0.25, 0.3) is 0 Å². The van der Waals surface area contributed by atoms with E-state index in [9.17, 15) is 0 Å². The summed E-state index contributed by atoms with van der Waals surface area (Å²) >= 11 is 1.86. The van der Waals surface area contributed by atoms with Crippen LogP contribution in [0, 0.1) is 0 Å². The van der Waals surface area contributed by atoms with E-state index in [4.69, 9.17) is 4.74 Å². The highest BCUT2D eigenvalue weighted by Crippen LogP contribution is 2.22. The minimum absolute atomic E-state index is 0. The summed E-state index contributed by atoms with van der Waals surface area (Å²) in [7, 11) is 1.80. The second-order valence-corrected chi connectivity index (χ2v) is 8.15. The van der Waals surface area contributed by atoms with Crippen molar-refractivity contribution in [3.05, 3.63) is 54.2 Å². The van der Waals surface area contributed by atoms with E-state index >= 15 is 0 Å². The van der Waals surface area contributed by atoms with Crippen molar-refractivity contribution in [2.75, 3.05) is 44.8 Å². The van der Waals surface area contributed by atoms with E-state index in [2.05, 4.69) is 62.8 Å². The number of aromatic nitrogens is 1. The van der Waals surface area contributed by atoms with Gasteiger partial charge >= 0.3 is 0 Å². The van der Waals surface area contributed by atoms with Crippen molar-refractivity contribution >= 4 is 47.5 Å². The molecule has 0 saturated carbocycles. The number of thioether (sulfide) groups is 1. The number of nitrogens with zero attached hydrogens (tertiary/aromatic N) is 3. The Morgan fingerprint density at radius 3 is 2.66 bits per heavy atom. The summed E-state index contributed by atoms with van der Waals surface area (Å²) in [6.07, 6.45) is 1.85. The molecule has 29 heavy (non-hydrogen) atoms. The lowest BCUT2D eigenvalue weighted by Gasteiger charge is -2.29. The number of pyridine rings is 1. The molecule has 1 aliphatic rings. The molecule has 1 saturated heterocycles. The standard InChI is InChI=1S/C21H29N5OS.HI/c1-17(28-19-8-4-3-5-9-19)15-24-21(22-2)25-16-18-7-6-10-23-20(18)26-11-13-27-14-12-26;/h3-10,17H,11-16H2,1-2H3,(H2,22,24,25);1H.